The quantitative estimate of drug-likeness (QED) is 0.137. The van der Waals surface area contributed by atoms with Crippen molar-refractivity contribution >= 4 is 71.1 Å². The first-order chi connectivity index (χ1) is 44.1. The molecule has 1 aliphatic rings. The minimum Gasteiger partial charge on any atom is -0.456 e. The lowest BCUT2D eigenvalue weighted by molar-refractivity contribution is 0.669. The highest BCUT2D eigenvalue weighted by atomic mass is 16.3. The third kappa shape index (κ3) is 8.99. The second kappa shape index (κ2) is 21.7. The van der Waals surface area contributed by atoms with E-state index in [9.17, 15) is 0 Å². The van der Waals surface area contributed by atoms with Crippen molar-refractivity contribution in [2.24, 2.45) is 0 Å². The van der Waals surface area contributed by atoms with Crippen LogP contribution in [0.15, 0.2) is 314 Å². The zero-order chi connectivity index (χ0) is 58.8. The van der Waals surface area contributed by atoms with E-state index in [0.717, 1.165) is 146 Å². The van der Waals surface area contributed by atoms with E-state index in [1.807, 2.05) is 36.8 Å². The molecule has 1 aliphatic carbocycles. The molecule has 6 aromatic heterocycles. The summed E-state index contributed by atoms with van der Waals surface area (Å²) >= 11 is 0. The lowest BCUT2D eigenvalue weighted by Crippen LogP contribution is -1.95. The summed E-state index contributed by atoms with van der Waals surface area (Å²) < 4.78 is 11.6. The van der Waals surface area contributed by atoms with E-state index < -0.39 is 0 Å². The molecule has 6 heteroatoms. The van der Waals surface area contributed by atoms with Crippen LogP contribution in [0.4, 0.5) is 0 Å². The maximum absolute atomic E-state index is 6.78. The maximum atomic E-state index is 6.78. The van der Waals surface area contributed by atoms with Crippen LogP contribution >= 0.6 is 0 Å². The van der Waals surface area contributed by atoms with E-state index in [0.29, 0.717) is 0 Å². The summed E-state index contributed by atoms with van der Waals surface area (Å²) in [6, 6.07) is 94.2. The first-order valence-electron chi connectivity index (χ1n) is 30.4. The fourth-order valence-corrected chi connectivity index (χ4v) is 13.7. The van der Waals surface area contributed by atoms with Crippen molar-refractivity contribution in [3.8, 4) is 89.7 Å². The molecule has 0 saturated heterocycles. The SMILES string of the molecule is C1=CC=C(c2ccccc2-c2ccc3c(c2)c2cc(-c4ccccc4-c4ccccn4)ccc2n3-c2ccc3oc4ccc(-n5c6ccc(-c7ccccc7-c7ccccn7)cc6c6cc(-c7ccccc7-c7ccccn7)ccc65)cc4c3c2)CCC=C1. The van der Waals surface area contributed by atoms with Crippen LogP contribution in [-0.2, 0) is 0 Å². The molecule has 0 aliphatic heterocycles. The van der Waals surface area contributed by atoms with Crippen LogP contribution in [0.3, 0.4) is 0 Å². The zero-order valence-corrected chi connectivity index (χ0v) is 48.5. The van der Waals surface area contributed by atoms with Crippen LogP contribution in [-0.4, -0.2) is 24.1 Å². The lowest BCUT2D eigenvalue weighted by Gasteiger charge is -2.14. The second-order valence-corrected chi connectivity index (χ2v) is 22.9. The van der Waals surface area contributed by atoms with Crippen molar-refractivity contribution in [1.29, 1.82) is 0 Å². The van der Waals surface area contributed by atoms with Gasteiger partial charge < -0.3 is 13.6 Å². The average molecular weight is 1140 g/mol. The zero-order valence-electron chi connectivity index (χ0n) is 48.5. The van der Waals surface area contributed by atoms with E-state index >= 15 is 0 Å². The Labute approximate surface area is 514 Å². The summed E-state index contributed by atoms with van der Waals surface area (Å²) in [7, 11) is 0. The van der Waals surface area contributed by atoms with Crippen LogP contribution in [0.5, 0.6) is 0 Å². The van der Waals surface area contributed by atoms with Crippen LogP contribution < -0.4 is 0 Å². The molecule has 0 fully saturated rings. The van der Waals surface area contributed by atoms with Crippen LogP contribution in [0.2, 0.25) is 0 Å². The predicted molar refractivity (Wildman–Crippen MR) is 369 cm³/mol. The molecule has 89 heavy (non-hydrogen) atoms. The Morgan fingerprint density at radius 3 is 1.03 bits per heavy atom. The minimum absolute atomic E-state index is 0.830. The van der Waals surface area contributed by atoms with Gasteiger partial charge in [-0.1, -0.05) is 170 Å². The highest BCUT2D eigenvalue weighted by Crippen LogP contribution is 2.45. The van der Waals surface area contributed by atoms with Crippen molar-refractivity contribution in [3.05, 3.63) is 315 Å². The first kappa shape index (κ1) is 51.7. The fourth-order valence-electron chi connectivity index (χ4n) is 13.7. The number of rotatable bonds is 10. The smallest absolute Gasteiger partial charge is 0.135 e. The van der Waals surface area contributed by atoms with Gasteiger partial charge in [-0.05, 0) is 190 Å². The molecule has 16 aromatic rings. The summed E-state index contributed by atoms with van der Waals surface area (Å²) in [5.41, 5.74) is 26.1. The van der Waals surface area contributed by atoms with Crippen molar-refractivity contribution < 1.29 is 4.42 Å². The van der Waals surface area contributed by atoms with Gasteiger partial charge in [-0.2, -0.15) is 0 Å². The largest absolute Gasteiger partial charge is 0.456 e. The molecule has 0 amide bonds. The van der Waals surface area contributed by atoms with Gasteiger partial charge in [0.05, 0.1) is 39.1 Å². The van der Waals surface area contributed by atoms with E-state index in [1.165, 1.54) is 33.0 Å². The lowest BCUT2D eigenvalue weighted by atomic mass is 9.90. The van der Waals surface area contributed by atoms with Crippen molar-refractivity contribution in [2.75, 3.05) is 0 Å². The molecule has 10 aromatic carbocycles. The van der Waals surface area contributed by atoms with Gasteiger partial charge in [-0.25, -0.2) is 0 Å². The molecule has 6 nitrogen and oxygen atoms in total. The van der Waals surface area contributed by atoms with Crippen LogP contribution in [0, 0.1) is 0 Å². The Bertz CT molecular complexity index is 5410. The Balaban J connectivity index is 0.843. The predicted octanol–water partition coefficient (Wildman–Crippen LogP) is 21.9. The molecule has 17 rings (SSSR count). The molecule has 0 saturated carbocycles. The molecular weight excluding hydrogens is 1080 g/mol. The van der Waals surface area contributed by atoms with Crippen LogP contribution in [0.25, 0.3) is 161 Å². The molecule has 0 spiro atoms. The van der Waals surface area contributed by atoms with E-state index in [1.54, 1.807) is 0 Å². The van der Waals surface area contributed by atoms with Gasteiger partial charge in [0.2, 0.25) is 0 Å². The number of pyridine rings is 3. The van der Waals surface area contributed by atoms with E-state index in [-0.39, 0.29) is 0 Å². The molecule has 0 bridgehead atoms. The summed E-state index contributed by atoms with van der Waals surface area (Å²) in [6.07, 6.45) is 18.5. The third-order valence-electron chi connectivity index (χ3n) is 17.8. The summed E-state index contributed by atoms with van der Waals surface area (Å²) in [5, 5.41) is 6.73. The van der Waals surface area contributed by atoms with E-state index in [4.69, 9.17) is 19.4 Å². The number of hydrogen-bond donors (Lipinski definition) is 0. The summed E-state index contributed by atoms with van der Waals surface area (Å²) in [6.45, 7) is 0. The second-order valence-electron chi connectivity index (χ2n) is 22.9. The third-order valence-corrected chi connectivity index (χ3v) is 17.8. The molecule has 0 N–H and O–H groups in total. The van der Waals surface area contributed by atoms with Gasteiger partial charge in [0, 0.05) is 79.0 Å². The van der Waals surface area contributed by atoms with Gasteiger partial charge >= 0.3 is 0 Å². The Morgan fingerprint density at radius 2 is 0.652 bits per heavy atom. The molecule has 0 atom stereocenters. The van der Waals surface area contributed by atoms with Crippen molar-refractivity contribution in [3.63, 3.8) is 0 Å². The summed E-state index contributed by atoms with van der Waals surface area (Å²) in [4.78, 5) is 14.4. The first-order valence-corrected chi connectivity index (χ1v) is 30.4. The number of allylic oxidation sites excluding steroid dienone is 6. The molecule has 6 heterocycles. The number of benzene rings is 10. The summed E-state index contributed by atoms with van der Waals surface area (Å²) in [5.74, 6) is 0. The molecule has 418 valence electrons. The number of aromatic nitrogens is 5. The Hall–Kier alpha value is -11.7. The average Bonchev–Trinajstić information content (AvgIpc) is 1.98. The Morgan fingerprint density at radius 1 is 0.292 bits per heavy atom. The highest BCUT2D eigenvalue weighted by molar-refractivity contribution is 6.15. The van der Waals surface area contributed by atoms with Gasteiger partial charge in [0.25, 0.3) is 0 Å². The standard InChI is InChI=1S/C83H55N5O/c1-2-4-20-54(21-5-3-1)61-22-6-7-23-62(61)55-33-39-78-69(48-55)70-49-56(63-24-8-11-27-66(63)75-30-14-17-45-84-75)34-40-79(70)87(78)59-37-43-82-73(52-59)74-53-60(38-44-83(74)89-82)88-80-41-35-57(64-25-9-12-28-67(64)76-31-15-18-46-85-76)50-71(80)72-51-58(36-42-81(72)88)65-26-10-13-29-68(65)77-32-16-19-47-86-77/h1-4,6-20,22-53H,5,21H2. The molecule has 0 unspecified atom stereocenters. The van der Waals surface area contributed by atoms with Crippen molar-refractivity contribution in [1.82, 2.24) is 24.1 Å². The number of fused-ring (bicyclic) bond motifs is 9. The van der Waals surface area contributed by atoms with Gasteiger partial charge in [-0.3, -0.25) is 15.0 Å². The number of furan rings is 1. The van der Waals surface area contributed by atoms with Gasteiger partial charge in [0.1, 0.15) is 11.2 Å². The van der Waals surface area contributed by atoms with Gasteiger partial charge in [0.15, 0.2) is 0 Å². The van der Waals surface area contributed by atoms with Crippen LogP contribution in [0.1, 0.15) is 18.4 Å². The Kier molecular flexibility index (Phi) is 12.6. The maximum Gasteiger partial charge on any atom is 0.135 e. The highest BCUT2D eigenvalue weighted by Gasteiger charge is 2.22. The van der Waals surface area contributed by atoms with Gasteiger partial charge in [-0.15, -0.1) is 0 Å². The van der Waals surface area contributed by atoms with E-state index in [2.05, 4.69) is 282 Å². The monoisotopic (exact) mass is 1140 g/mol. The molecule has 0 radical (unpaired) electrons. The molecular formula is C83H55N5O. The number of nitrogens with zero attached hydrogens (tertiary/aromatic N) is 5. The topological polar surface area (TPSA) is 61.7 Å². The van der Waals surface area contributed by atoms with Crippen molar-refractivity contribution in [2.45, 2.75) is 12.8 Å². The number of hydrogen-bond acceptors (Lipinski definition) is 4. The minimum atomic E-state index is 0.830. The normalized spacial score (nSPS) is 12.6. The fraction of sp³-hybridized carbons (Fsp3) is 0.0241.